The van der Waals surface area contributed by atoms with Crippen LogP contribution in [0.1, 0.15) is 12.8 Å². The molecule has 0 unspecified atom stereocenters. The summed E-state index contributed by atoms with van der Waals surface area (Å²) >= 11 is 0. The van der Waals surface area contributed by atoms with Crippen molar-refractivity contribution in [1.82, 2.24) is 0 Å². The van der Waals surface area contributed by atoms with Crippen molar-refractivity contribution in [3.8, 4) is 0 Å². The average Bonchev–Trinajstić information content (AvgIpc) is 2.28. The van der Waals surface area contributed by atoms with E-state index in [1.54, 1.807) is 0 Å². The number of aliphatic hydroxyl groups is 3. The number of halogens is 3. The lowest BCUT2D eigenvalue weighted by atomic mass is 10.0. The molecule has 0 bridgehead atoms. The van der Waals surface area contributed by atoms with Gasteiger partial charge in [0.25, 0.3) is 5.79 Å². The zero-order chi connectivity index (χ0) is 11.1. The number of alkyl halides is 3. The molecule has 0 fully saturated rings. The Morgan fingerprint density at radius 2 is 1.64 bits per heavy atom. The number of hydrogen-bond acceptors (Lipinski definition) is 4. The van der Waals surface area contributed by atoms with Crippen LogP contribution in [-0.4, -0.2) is 33.1 Å². The van der Waals surface area contributed by atoms with E-state index in [1.165, 1.54) is 0 Å². The van der Waals surface area contributed by atoms with E-state index in [0.29, 0.717) is 0 Å². The standard InChI is InChI=1S/C7H7F3O4/c8-7(9,10)6(13,14)5-3(11)1-2-4(5)12/h11,13-14H,1-2H2. The van der Waals surface area contributed by atoms with Gasteiger partial charge in [0.1, 0.15) is 11.3 Å². The predicted octanol–water partition coefficient (Wildman–Crippen LogP) is 0.405. The highest BCUT2D eigenvalue weighted by Crippen LogP contribution is 2.39. The monoisotopic (exact) mass is 212 g/mol. The molecule has 0 aromatic heterocycles. The van der Waals surface area contributed by atoms with Crippen LogP contribution in [0.4, 0.5) is 13.2 Å². The Morgan fingerprint density at radius 1 is 1.14 bits per heavy atom. The molecule has 0 aromatic carbocycles. The quantitative estimate of drug-likeness (QED) is 0.550. The Bertz CT molecular complexity index is 303. The number of rotatable bonds is 1. The van der Waals surface area contributed by atoms with Crippen molar-refractivity contribution in [3.05, 3.63) is 11.3 Å². The second kappa shape index (κ2) is 2.96. The summed E-state index contributed by atoms with van der Waals surface area (Å²) in [5, 5.41) is 26.3. The zero-order valence-corrected chi connectivity index (χ0v) is 6.80. The lowest BCUT2D eigenvalue weighted by Gasteiger charge is -2.24. The molecule has 0 spiro atoms. The molecule has 4 nitrogen and oxygen atoms in total. The van der Waals surface area contributed by atoms with Crippen molar-refractivity contribution in [2.75, 3.05) is 0 Å². The number of carbonyl (C=O) groups is 1. The van der Waals surface area contributed by atoms with Crippen molar-refractivity contribution in [2.24, 2.45) is 0 Å². The molecule has 0 heterocycles. The Hall–Kier alpha value is -1.08. The maximum atomic E-state index is 12.0. The summed E-state index contributed by atoms with van der Waals surface area (Å²) in [6.45, 7) is 0. The first-order valence-electron chi connectivity index (χ1n) is 3.65. The van der Waals surface area contributed by atoms with Crippen LogP contribution in [-0.2, 0) is 4.79 Å². The van der Waals surface area contributed by atoms with E-state index in [4.69, 9.17) is 15.3 Å². The summed E-state index contributed by atoms with van der Waals surface area (Å²) in [6.07, 6.45) is -6.05. The summed E-state index contributed by atoms with van der Waals surface area (Å²) < 4.78 is 36.1. The first kappa shape index (κ1) is 11.0. The minimum atomic E-state index is -5.41. The number of aliphatic hydroxyl groups excluding tert-OH is 1. The van der Waals surface area contributed by atoms with Gasteiger partial charge in [0.15, 0.2) is 5.78 Å². The third-order valence-electron chi connectivity index (χ3n) is 1.90. The normalized spacial score (nSPS) is 19.4. The lowest BCUT2D eigenvalue weighted by molar-refractivity contribution is -0.328. The van der Waals surface area contributed by atoms with E-state index in [-0.39, 0.29) is 12.8 Å². The van der Waals surface area contributed by atoms with Gasteiger partial charge in [0, 0.05) is 12.8 Å². The molecule has 0 atom stereocenters. The Morgan fingerprint density at radius 3 is 1.93 bits per heavy atom. The van der Waals surface area contributed by atoms with Gasteiger partial charge in [0.05, 0.1) is 0 Å². The van der Waals surface area contributed by atoms with Crippen molar-refractivity contribution >= 4 is 5.78 Å². The zero-order valence-electron chi connectivity index (χ0n) is 6.80. The predicted molar refractivity (Wildman–Crippen MR) is 37.1 cm³/mol. The largest absolute Gasteiger partial charge is 0.512 e. The van der Waals surface area contributed by atoms with E-state index in [0.717, 1.165) is 0 Å². The molecule has 3 N–H and O–H groups in total. The van der Waals surface area contributed by atoms with Gasteiger partial charge < -0.3 is 15.3 Å². The summed E-state index contributed by atoms with van der Waals surface area (Å²) in [5.41, 5.74) is -1.37. The highest BCUT2D eigenvalue weighted by atomic mass is 19.4. The first-order valence-corrected chi connectivity index (χ1v) is 3.65. The molecule has 80 valence electrons. The molecule has 0 saturated heterocycles. The maximum Gasteiger partial charge on any atom is 0.448 e. The Balaban J connectivity index is 3.16. The summed E-state index contributed by atoms with van der Waals surface area (Å²) in [7, 11) is 0. The number of ketones is 1. The van der Waals surface area contributed by atoms with E-state index >= 15 is 0 Å². The van der Waals surface area contributed by atoms with Gasteiger partial charge in [-0.05, 0) is 0 Å². The molecule has 0 saturated carbocycles. The first-order chi connectivity index (χ1) is 6.18. The van der Waals surface area contributed by atoms with E-state index in [1.807, 2.05) is 0 Å². The fraction of sp³-hybridized carbons (Fsp3) is 0.571. The summed E-state index contributed by atoms with van der Waals surface area (Å²) in [4.78, 5) is 10.8. The van der Waals surface area contributed by atoms with Crippen molar-refractivity contribution in [3.63, 3.8) is 0 Å². The Labute approximate surface area is 76.3 Å². The Kier molecular flexibility index (Phi) is 2.32. The van der Waals surface area contributed by atoms with Gasteiger partial charge in [-0.2, -0.15) is 13.2 Å². The van der Waals surface area contributed by atoms with Crippen LogP contribution in [0.15, 0.2) is 11.3 Å². The fourth-order valence-corrected chi connectivity index (χ4v) is 1.18. The highest BCUT2D eigenvalue weighted by Gasteiger charge is 2.59. The molecule has 7 heteroatoms. The van der Waals surface area contributed by atoms with Crippen LogP contribution in [0.5, 0.6) is 0 Å². The SMILES string of the molecule is O=C1CCC(O)=C1C(O)(O)C(F)(F)F. The van der Waals surface area contributed by atoms with Gasteiger partial charge in [-0.25, -0.2) is 0 Å². The van der Waals surface area contributed by atoms with Crippen molar-refractivity contribution in [1.29, 1.82) is 0 Å². The van der Waals surface area contributed by atoms with Crippen LogP contribution < -0.4 is 0 Å². The minimum absolute atomic E-state index is 0.298. The molecule has 0 aliphatic heterocycles. The van der Waals surface area contributed by atoms with E-state index in [9.17, 15) is 18.0 Å². The minimum Gasteiger partial charge on any atom is -0.512 e. The average molecular weight is 212 g/mol. The molecule has 1 aliphatic rings. The summed E-state index contributed by atoms with van der Waals surface area (Å²) in [5.74, 6) is -6.29. The molecule has 0 amide bonds. The fourth-order valence-electron chi connectivity index (χ4n) is 1.18. The highest BCUT2D eigenvalue weighted by molar-refractivity contribution is 5.99. The van der Waals surface area contributed by atoms with Gasteiger partial charge in [-0.1, -0.05) is 0 Å². The second-order valence-corrected chi connectivity index (χ2v) is 2.91. The maximum absolute atomic E-state index is 12.0. The molecule has 14 heavy (non-hydrogen) atoms. The topological polar surface area (TPSA) is 77.8 Å². The molecular weight excluding hydrogens is 205 g/mol. The molecular formula is C7H7F3O4. The van der Waals surface area contributed by atoms with Crippen LogP contribution in [0, 0.1) is 0 Å². The molecule has 0 aromatic rings. The van der Waals surface area contributed by atoms with Crippen molar-refractivity contribution < 1.29 is 33.3 Å². The van der Waals surface area contributed by atoms with Gasteiger partial charge in [-0.15, -0.1) is 0 Å². The van der Waals surface area contributed by atoms with Crippen LogP contribution in [0.3, 0.4) is 0 Å². The summed E-state index contributed by atoms with van der Waals surface area (Å²) in [6, 6.07) is 0. The third kappa shape index (κ3) is 1.48. The van der Waals surface area contributed by atoms with E-state index < -0.39 is 29.1 Å². The van der Waals surface area contributed by atoms with Crippen molar-refractivity contribution in [2.45, 2.75) is 24.8 Å². The van der Waals surface area contributed by atoms with E-state index in [2.05, 4.69) is 0 Å². The van der Waals surface area contributed by atoms with Gasteiger partial charge in [0.2, 0.25) is 0 Å². The van der Waals surface area contributed by atoms with Crippen LogP contribution >= 0.6 is 0 Å². The molecule has 1 rings (SSSR count). The second-order valence-electron chi connectivity index (χ2n) is 2.91. The van der Waals surface area contributed by atoms with Gasteiger partial charge >= 0.3 is 6.18 Å². The van der Waals surface area contributed by atoms with Crippen LogP contribution in [0.25, 0.3) is 0 Å². The number of carbonyl (C=O) groups excluding carboxylic acids is 1. The number of allylic oxidation sites excluding steroid dienone is 1. The molecule has 1 aliphatic carbocycles. The third-order valence-corrected chi connectivity index (χ3v) is 1.90. The van der Waals surface area contributed by atoms with Crippen LogP contribution in [0.2, 0.25) is 0 Å². The van der Waals surface area contributed by atoms with Gasteiger partial charge in [-0.3, -0.25) is 4.79 Å². The smallest absolute Gasteiger partial charge is 0.448 e. The molecule has 0 radical (unpaired) electrons. The number of Topliss-reactive ketones (excluding diaryl/α,β-unsaturated/α-hetero) is 1. The lowest BCUT2D eigenvalue weighted by Crippen LogP contribution is -2.48. The number of hydrogen-bond donors (Lipinski definition) is 3.